The van der Waals surface area contributed by atoms with Crippen LogP contribution in [0.4, 0.5) is 5.69 Å². The molecule has 1 amide bonds. The number of hydrogen-bond donors (Lipinski definition) is 2. The average molecular weight is 293 g/mol. The Hall–Kier alpha value is -1.47. The Balaban J connectivity index is 1.91. The van der Waals surface area contributed by atoms with Crippen molar-refractivity contribution in [3.05, 3.63) is 29.8 Å². The minimum atomic E-state index is -0.0532. The molecule has 2 atom stereocenters. The summed E-state index contributed by atoms with van der Waals surface area (Å²) in [5, 5.41) is 2.91. The number of nitrogens with one attached hydrogen (secondary N) is 1. The third-order valence-electron chi connectivity index (χ3n) is 3.78. The number of carbonyl (C=O) groups excluding carboxylic acids is 1. The molecule has 2 rings (SSSR count). The molecule has 1 saturated heterocycles. The van der Waals surface area contributed by atoms with Crippen LogP contribution in [0.2, 0.25) is 0 Å². The molecule has 6 nitrogen and oxygen atoms in total. The van der Waals surface area contributed by atoms with Crippen LogP contribution in [-0.4, -0.2) is 56.9 Å². The number of rotatable bonds is 6. The molecular weight excluding hydrogens is 270 g/mol. The molecule has 116 valence electrons. The van der Waals surface area contributed by atoms with Crippen molar-refractivity contribution in [1.29, 1.82) is 0 Å². The summed E-state index contributed by atoms with van der Waals surface area (Å²) in [6, 6.07) is 7.56. The van der Waals surface area contributed by atoms with E-state index in [1.807, 2.05) is 29.2 Å². The third-order valence-corrected chi connectivity index (χ3v) is 3.78. The largest absolute Gasteiger partial charge is 0.377 e. The molecule has 1 fully saturated rings. The van der Waals surface area contributed by atoms with Gasteiger partial charge in [0.15, 0.2) is 0 Å². The van der Waals surface area contributed by atoms with Gasteiger partial charge in [-0.05, 0) is 11.6 Å². The number of anilines is 1. The zero-order valence-corrected chi connectivity index (χ0v) is 12.5. The third kappa shape index (κ3) is 4.01. The van der Waals surface area contributed by atoms with Crippen LogP contribution in [0.15, 0.2) is 24.3 Å². The highest BCUT2D eigenvalue weighted by Gasteiger charge is 2.33. The molecule has 0 aromatic heterocycles. The molecule has 0 saturated carbocycles. The second kappa shape index (κ2) is 7.51. The number of nitrogens with zero attached hydrogens (tertiary/aromatic N) is 1. The molecule has 1 heterocycles. The van der Waals surface area contributed by atoms with E-state index < -0.39 is 0 Å². The smallest absolute Gasteiger partial charge is 0.238 e. The molecule has 3 N–H and O–H groups in total. The molecule has 21 heavy (non-hydrogen) atoms. The Morgan fingerprint density at radius 1 is 1.29 bits per heavy atom. The first-order valence-corrected chi connectivity index (χ1v) is 7.03. The van der Waals surface area contributed by atoms with Gasteiger partial charge >= 0.3 is 0 Å². The summed E-state index contributed by atoms with van der Waals surface area (Å²) in [5.74, 6) is -0.0532. The highest BCUT2D eigenvalue weighted by molar-refractivity contribution is 5.93. The van der Waals surface area contributed by atoms with E-state index in [-0.39, 0.29) is 18.1 Å². The van der Waals surface area contributed by atoms with Gasteiger partial charge in [0.1, 0.15) is 0 Å². The van der Waals surface area contributed by atoms with Crippen molar-refractivity contribution in [2.75, 3.05) is 39.2 Å². The van der Waals surface area contributed by atoms with E-state index >= 15 is 0 Å². The standard InChI is InChI=1S/C15H23N3O3/c1-20-13-8-18(9-14(13)21-2)10-15(19)17-12-6-4-3-5-11(12)7-16/h3-6,13-14H,7-10,16H2,1-2H3,(H,17,19). The van der Waals surface area contributed by atoms with E-state index in [9.17, 15) is 4.79 Å². The molecule has 0 radical (unpaired) electrons. The molecule has 0 aliphatic carbocycles. The lowest BCUT2D eigenvalue weighted by atomic mass is 10.2. The summed E-state index contributed by atoms with van der Waals surface area (Å²) in [5.41, 5.74) is 7.37. The maximum Gasteiger partial charge on any atom is 0.238 e. The van der Waals surface area contributed by atoms with Gasteiger partial charge < -0.3 is 20.5 Å². The fourth-order valence-corrected chi connectivity index (χ4v) is 2.61. The Bertz CT molecular complexity index is 469. The summed E-state index contributed by atoms with van der Waals surface area (Å²) >= 11 is 0. The number of nitrogens with two attached hydrogens (primary N) is 1. The molecule has 1 aromatic carbocycles. The fourth-order valence-electron chi connectivity index (χ4n) is 2.61. The van der Waals surface area contributed by atoms with E-state index in [1.165, 1.54) is 0 Å². The SMILES string of the molecule is COC1CN(CC(=O)Nc2ccccc2CN)CC1OC. The number of para-hydroxylation sites is 1. The maximum absolute atomic E-state index is 12.2. The van der Waals surface area contributed by atoms with Crippen molar-refractivity contribution in [2.45, 2.75) is 18.8 Å². The molecular formula is C15H23N3O3. The number of methoxy groups -OCH3 is 2. The second-order valence-corrected chi connectivity index (χ2v) is 5.15. The fraction of sp³-hybridized carbons (Fsp3) is 0.533. The quantitative estimate of drug-likeness (QED) is 0.795. The highest BCUT2D eigenvalue weighted by Crippen LogP contribution is 2.17. The van der Waals surface area contributed by atoms with Crippen molar-refractivity contribution in [2.24, 2.45) is 5.73 Å². The lowest BCUT2D eigenvalue weighted by Crippen LogP contribution is -2.32. The van der Waals surface area contributed by atoms with Crippen molar-refractivity contribution >= 4 is 11.6 Å². The minimum Gasteiger partial charge on any atom is -0.377 e. The topological polar surface area (TPSA) is 76.8 Å². The molecule has 1 aliphatic heterocycles. The van der Waals surface area contributed by atoms with Crippen LogP contribution in [-0.2, 0) is 20.8 Å². The summed E-state index contributed by atoms with van der Waals surface area (Å²) in [7, 11) is 3.33. The number of ether oxygens (including phenoxy) is 2. The van der Waals surface area contributed by atoms with E-state index in [2.05, 4.69) is 5.32 Å². The first-order valence-electron chi connectivity index (χ1n) is 7.03. The Labute approximate surface area is 125 Å². The number of hydrogen-bond acceptors (Lipinski definition) is 5. The number of benzene rings is 1. The Morgan fingerprint density at radius 3 is 2.48 bits per heavy atom. The number of carbonyl (C=O) groups is 1. The van der Waals surface area contributed by atoms with Crippen molar-refractivity contribution < 1.29 is 14.3 Å². The van der Waals surface area contributed by atoms with Crippen molar-refractivity contribution in [1.82, 2.24) is 4.90 Å². The predicted molar refractivity (Wildman–Crippen MR) is 81.0 cm³/mol. The van der Waals surface area contributed by atoms with Gasteiger partial charge in [0, 0.05) is 39.5 Å². The van der Waals surface area contributed by atoms with Gasteiger partial charge in [-0.1, -0.05) is 18.2 Å². The summed E-state index contributed by atoms with van der Waals surface area (Å²) < 4.78 is 10.7. The summed E-state index contributed by atoms with van der Waals surface area (Å²) in [6.45, 7) is 2.11. The van der Waals surface area contributed by atoms with Crippen LogP contribution in [0.5, 0.6) is 0 Å². The van der Waals surface area contributed by atoms with Crippen LogP contribution < -0.4 is 11.1 Å². The summed E-state index contributed by atoms with van der Waals surface area (Å²) in [4.78, 5) is 14.2. The van der Waals surface area contributed by atoms with E-state index in [0.29, 0.717) is 26.2 Å². The highest BCUT2D eigenvalue weighted by atomic mass is 16.5. The first-order chi connectivity index (χ1) is 10.2. The first kappa shape index (κ1) is 15.9. The molecule has 0 bridgehead atoms. The molecule has 1 aliphatic rings. The van der Waals surface area contributed by atoms with E-state index in [0.717, 1.165) is 11.3 Å². The monoisotopic (exact) mass is 293 g/mol. The van der Waals surface area contributed by atoms with Gasteiger partial charge in [-0.15, -0.1) is 0 Å². The van der Waals surface area contributed by atoms with Gasteiger partial charge in [0.05, 0.1) is 18.8 Å². The summed E-state index contributed by atoms with van der Waals surface area (Å²) in [6.07, 6.45) is 0.0262. The van der Waals surface area contributed by atoms with Crippen LogP contribution in [0.3, 0.4) is 0 Å². The van der Waals surface area contributed by atoms with Crippen molar-refractivity contribution in [3.8, 4) is 0 Å². The van der Waals surface area contributed by atoms with Gasteiger partial charge in [0.25, 0.3) is 0 Å². The van der Waals surface area contributed by atoms with Gasteiger partial charge in [-0.2, -0.15) is 0 Å². The number of likely N-dealkylation sites (tertiary alicyclic amines) is 1. The molecule has 2 unspecified atom stereocenters. The van der Waals surface area contributed by atoms with E-state index in [1.54, 1.807) is 14.2 Å². The lowest BCUT2D eigenvalue weighted by Gasteiger charge is -2.16. The maximum atomic E-state index is 12.2. The average Bonchev–Trinajstić information content (AvgIpc) is 2.89. The second-order valence-electron chi connectivity index (χ2n) is 5.15. The Morgan fingerprint density at radius 2 is 1.90 bits per heavy atom. The van der Waals surface area contributed by atoms with Crippen LogP contribution in [0.25, 0.3) is 0 Å². The van der Waals surface area contributed by atoms with Crippen LogP contribution in [0, 0.1) is 0 Å². The number of amides is 1. The van der Waals surface area contributed by atoms with Crippen LogP contribution >= 0.6 is 0 Å². The minimum absolute atomic E-state index is 0.0131. The lowest BCUT2D eigenvalue weighted by molar-refractivity contribution is -0.117. The molecule has 1 aromatic rings. The zero-order valence-electron chi connectivity index (χ0n) is 12.5. The van der Waals surface area contributed by atoms with Gasteiger partial charge in [-0.25, -0.2) is 0 Å². The Kier molecular flexibility index (Phi) is 5.69. The normalized spacial score (nSPS) is 22.4. The van der Waals surface area contributed by atoms with Crippen molar-refractivity contribution in [3.63, 3.8) is 0 Å². The molecule has 6 heteroatoms. The predicted octanol–water partition coefficient (Wildman–Crippen LogP) is 0.429. The van der Waals surface area contributed by atoms with Crippen LogP contribution in [0.1, 0.15) is 5.56 Å². The zero-order chi connectivity index (χ0) is 15.2. The van der Waals surface area contributed by atoms with E-state index in [4.69, 9.17) is 15.2 Å². The van der Waals surface area contributed by atoms with Gasteiger partial charge in [-0.3, -0.25) is 9.69 Å². The molecule has 0 spiro atoms. The van der Waals surface area contributed by atoms with Gasteiger partial charge in [0.2, 0.25) is 5.91 Å².